The summed E-state index contributed by atoms with van der Waals surface area (Å²) in [5.74, 6) is 0.576. The average molecular weight is 390 g/mol. The number of tetrazole rings is 1. The van der Waals surface area contributed by atoms with Gasteiger partial charge in [0.2, 0.25) is 11.1 Å². The van der Waals surface area contributed by atoms with Crippen LogP contribution in [-0.2, 0) is 4.79 Å². The number of anilines is 1. The fourth-order valence-corrected chi connectivity index (χ4v) is 3.16. The second kappa shape index (κ2) is 8.20. The molecule has 0 unspecified atom stereocenters. The monoisotopic (exact) mass is 389 g/mol. The van der Waals surface area contributed by atoms with Crippen molar-refractivity contribution in [3.05, 3.63) is 53.6 Å². The molecule has 0 saturated carbocycles. The van der Waals surface area contributed by atoms with Gasteiger partial charge < -0.3 is 10.1 Å². The lowest BCUT2D eigenvalue weighted by atomic mass is 10.3. The average Bonchev–Trinajstić information content (AvgIpc) is 3.10. The van der Waals surface area contributed by atoms with Crippen molar-refractivity contribution in [1.29, 1.82) is 0 Å². The molecule has 1 N–H and O–H groups in total. The van der Waals surface area contributed by atoms with E-state index in [2.05, 4.69) is 20.8 Å². The van der Waals surface area contributed by atoms with Crippen molar-refractivity contribution < 1.29 is 9.53 Å². The van der Waals surface area contributed by atoms with E-state index >= 15 is 0 Å². The third-order valence-corrected chi connectivity index (χ3v) is 4.77. The molecule has 1 aromatic heterocycles. The van der Waals surface area contributed by atoms with Crippen molar-refractivity contribution in [3.63, 3.8) is 0 Å². The Kier molecular flexibility index (Phi) is 5.75. The molecule has 26 heavy (non-hydrogen) atoms. The first-order valence-electron chi connectivity index (χ1n) is 7.72. The summed E-state index contributed by atoms with van der Waals surface area (Å²) in [6.07, 6.45) is 0. The van der Waals surface area contributed by atoms with E-state index in [9.17, 15) is 4.79 Å². The van der Waals surface area contributed by atoms with Gasteiger partial charge in [-0.2, -0.15) is 4.68 Å². The molecule has 7 nitrogen and oxygen atoms in total. The molecule has 0 aliphatic carbocycles. The number of benzene rings is 2. The first-order valence-corrected chi connectivity index (χ1v) is 8.98. The van der Waals surface area contributed by atoms with Crippen LogP contribution in [0.15, 0.2) is 53.7 Å². The highest BCUT2D eigenvalue weighted by Crippen LogP contribution is 2.25. The molecule has 0 aliphatic heterocycles. The Hall–Kier alpha value is -2.58. The van der Waals surface area contributed by atoms with Crippen LogP contribution in [-0.4, -0.2) is 38.5 Å². The van der Waals surface area contributed by atoms with E-state index < -0.39 is 5.25 Å². The van der Waals surface area contributed by atoms with Gasteiger partial charge in [-0.1, -0.05) is 29.4 Å². The molecule has 3 rings (SSSR count). The van der Waals surface area contributed by atoms with Crippen LogP contribution in [0.1, 0.15) is 6.92 Å². The lowest BCUT2D eigenvalue weighted by Gasteiger charge is -2.12. The number of rotatable bonds is 6. The predicted molar refractivity (Wildman–Crippen MR) is 101 cm³/mol. The summed E-state index contributed by atoms with van der Waals surface area (Å²) in [5, 5.41) is 15.2. The number of nitrogens with one attached hydrogen (secondary N) is 1. The molecule has 1 amide bonds. The van der Waals surface area contributed by atoms with Crippen LogP contribution in [0.5, 0.6) is 5.75 Å². The van der Waals surface area contributed by atoms with E-state index in [0.29, 0.717) is 15.9 Å². The highest BCUT2D eigenvalue weighted by molar-refractivity contribution is 8.00. The molecule has 0 bridgehead atoms. The van der Waals surface area contributed by atoms with Gasteiger partial charge in [-0.15, -0.1) is 5.10 Å². The quantitative estimate of drug-likeness (QED) is 0.650. The Labute approximate surface area is 159 Å². The number of thioether (sulfide) groups is 1. The van der Waals surface area contributed by atoms with E-state index in [1.807, 2.05) is 24.3 Å². The number of aromatic nitrogens is 4. The highest BCUT2D eigenvalue weighted by Gasteiger charge is 2.19. The van der Waals surface area contributed by atoms with Gasteiger partial charge in [0, 0.05) is 10.7 Å². The van der Waals surface area contributed by atoms with Crippen molar-refractivity contribution >= 4 is 35.0 Å². The number of hydrogen-bond acceptors (Lipinski definition) is 6. The number of hydrogen-bond donors (Lipinski definition) is 1. The first kappa shape index (κ1) is 18.2. The molecule has 134 valence electrons. The lowest BCUT2D eigenvalue weighted by molar-refractivity contribution is -0.115. The molecule has 1 atom stereocenters. The Morgan fingerprint density at radius 1 is 1.27 bits per heavy atom. The second-order valence-corrected chi connectivity index (χ2v) is 7.08. The Morgan fingerprint density at radius 2 is 2.04 bits per heavy atom. The normalized spacial score (nSPS) is 11.8. The maximum atomic E-state index is 12.4. The maximum Gasteiger partial charge on any atom is 0.237 e. The summed E-state index contributed by atoms with van der Waals surface area (Å²) in [6, 6.07) is 14.3. The van der Waals surface area contributed by atoms with Crippen molar-refractivity contribution in [2.75, 3.05) is 12.4 Å². The minimum atomic E-state index is -0.406. The van der Waals surface area contributed by atoms with Gasteiger partial charge in [0.15, 0.2) is 0 Å². The van der Waals surface area contributed by atoms with E-state index in [0.717, 1.165) is 11.4 Å². The molecule has 0 spiro atoms. The van der Waals surface area contributed by atoms with Crippen LogP contribution in [0.25, 0.3) is 5.69 Å². The van der Waals surface area contributed by atoms with E-state index in [1.165, 1.54) is 11.8 Å². The Bertz CT molecular complexity index is 900. The predicted octanol–water partition coefficient (Wildman–Crippen LogP) is 3.44. The van der Waals surface area contributed by atoms with Crippen LogP contribution in [0, 0.1) is 0 Å². The standard InChI is InChI=1S/C17H16ClN5O2S/c1-11(16(24)19-13-5-3-4-12(18)10-13)26-17-20-21-22-23(17)14-6-8-15(25-2)9-7-14/h3-11H,1-2H3,(H,19,24)/t11-/m1/s1. The first-order chi connectivity index (χ1) is 12.6. The third-order valence-electron chi connectivity index (χ3n) is 3.50. The van der Waals surface area contributed by atoms with Crippen LogP contribution in [0.4, 0.5) is 5.69 Å². The number of halogens is 1. The highest BCUT2D eigenvalue weighted by atomic mass is 35.5. The van der Waals surface area contributed by atoms with Gasteiger partial charge in [0.05, 0.1) is 18.0 Å². The van der Waals surface area contributed by atoms with Crippen LogP contribution >= 0.6 is 23.4 Å². The van der Waals surface area contributed by atoms with Crippen molar-refractivity contribution in [2.45, 2.75) is 17.3 Å². The van der Waals surface area contributed by atoms with Crippen molar-refractivity contribution in [3.8, 4) is 11.4 Å². The molecule has 2 aromatic carbocycles. The summed E-state index contributed by atoms with van der Waals surface area (Å²) >= 11 is 7.20. The summed E-state index contributed by atoms with van der Waals surface area (Å²) < 4.78 is 6.73. The van der Waals surface area contributed by atoms with Gasteiger partial charge in [-0.3, -0.25) is 4.79 Å². The minimum Gasteiger partial charge on any atom is -0.497 e. The van der Waals surface area contributed by atoms with Gasteiger partial charge in [0.1, 0.15) is 5.75 Å². The van der Waals surface area contributed by atoms with Gasteiger partial charge in [-0.05, 0) is 59.8 Å². The molecule has 0 radical (unpaired) electrons. The number of methoxy groups -OCH3 is 1. The molecule has 3 aromatic rings. The fourth-order valence-electron chi connectivity index (χ4n) is 2.16. The fraction of sp³-hybridized carbons (Fsp3) is 0.176. The molecular weight excluding hydrogens is 374 g/mol. The molecule has 1 heterocycles. The van der Waals surface area contributed by atoms with Crippen molar-refractivity contribution in [2.24, 2.45) is 0 Å². The number of carbonyl (C=O) groups is 1. The molecule has 0 fully saturated rings. The molecule has 9 heteroatoms. The van der Waals surface area contributed by atoms with Gasteiger partial charge in [0.25, 0.3) is 0 Å². The second-order valence-electron chi connectivity index (χ2n) is 5.33. The third kappa shape index (κ3) is 4.33. The zero-order valence-electron chi connectivity index (χ0n) is 14.1. The zero-order chi connectivity index (χ0) is 18.5. The lowest BCUT2D eigenvalue weighted by Crippen LogP contribution is -2.22. The van der Waals surface area contributed by atoms with Crippen LogP contribution in [0.3, 0.4) is 0 Å². The topological polar surface area (TPSA) is 81.9 Å². The smallest absolute Gasteiger partial charge is 0.237 e. The van der Waals surface area contributed by atoms with Crippen LogP contribution in [0.2, 0.25) is 5.02 Å². The van der Waals surface area contributed by atoms with Gasteiger partial charge >= 0.3 is 0 Å². The summed E-state index contributed by atoms with van der Waals surface area (Å²) in [7, 11) is 1.60. The molecule has 0 saturated heterocycles. The Balaban J connectivity index is 1.70. The Morgan fingerprint density at radius 3 is 2.73 bits per heavy atom. The number of ether oxygens (including phenoxy) is 1. The number of amides is 1. The van der Waals surface area contributed by atoms with Crippen molar-refractivity contribution in [1.82, 2.24) is 20.2 Å². The largest absolute Gasteiger partial charge is 0.497 e. The van der Waals surface area contributed by atoms with E-state index in [-0.39, 0.29) is 5.91 Å². The summed E-state index contributed by atoms with van der Waals surface area (Å²) in [4.78, 5) is 12.4. The molecular formula is C17H16ClN5O2S. The zero-order valence-corrected chi connectivity index (χ0v) is 15.7. The van der Waals surface area contributed by atoms with E-state index in [1.54, 1.807) is 43.0 Å². The number of carbonyl (C=O) groups excluding carboxylic acids is 1. The van der Waals surface area contributed by atoms with Gasteiger partial charge in [-0.25, -0.2) is 0 Å². The van der Waals surface area contributed by atoms with Crippen LogP contribution < -0.4 is 10.1 Å². The van der Waals surface area contributed by atoms with E-state index in [4.69, 9.17) is 16.3 Å². The number of nitrogens with zero attached hydrogens (tertiary/aromatic N) is 4. The summed E-state index contributed by atoms with van der Waals surface area (Å²) in [6.45, 7) is 1.79. The SMILES string of the molecule is COc1ccc(-n2nnnc2S[C@H](C)C(=O)Nc2cccc(Cl)c2)cc1. The summed E-state index contributed by atoms with van der Waals surface area (Å²) in [5.41, 5.74) is 1.42. The maximum absolute atomic E-state index is 12.4. The molecule has 0 aliphatic rings. The minimum absolute atomic E-state index is 0.165.